The smallest absolute Gasteiger partial charge is 0.133 e. The largest absolute Gasteiger partial charge is 0.494 e. The van der Waals surface area contributed by atoms with Crippen LogP contribution in [0.2, 0.25) is 0 Å². The van der Waals surface area contributed by atoms with E-state index >= 15 is 0 Å². The number of aryl methyl sites for hydroxylation is 1. The lowest BCUT2D eigenvalue weighted by atomic mass is 10.3. The van der Waals surface area contributed by atoms with Crippen LogP contribution in [-0.4, -0.2) is 16.4 Å². The maximum Gasteiger partial charge on any atom is 0.133 e. The fraction of sp³-hybridized carbons (Fsp3) is 0.167. The van der Waals surface area contributed by atoms with Gasteiger partial charge in [0.1, 0.15) is 28.9 Å². The molecule has 0 fully saturated rings. The van der Waals surface area contributed by atoms with E-state index in [9.17, 15) is 8.78 Å². The van der Waals surface area contributed by atoms with Crippen molar-refractivity contribution in [2.24, 2.45) is 0 Å². The molecule has 6 heteroatoms. The van der Waals surface area contributed by atoms with Crippen molar-refractivity contribution in [1.82, 2.24) is 9.78 Å². The molecular weight excluding hydrogens is 314 g/mol. The fourth-order valence-corrected chi connectivity index (χ4v) is 2.18. The van der Waals surface area contributed by atoms with Gasteiger partial charge in [-0.05, 0) is 30.3 Å². The van der Waals surface area contributed by atoms with Gasteiger partial charge in [-0.3, -0.25) is 4.68 Å². The van der Waals surface area contributed by atoms with Crippen LogP contribution < -0.4 is 9.47 Å². The zero-order valence-electron chi connectivity index (χ0n) is 12.9. The molecular formula is C18H16F2N2O2. The molecule has 24 heavy (non-hydrogen) atoms. The maximum atomic E-state index is 13.1. The van der Waals surface area contributed by atoms with Gasteiger partial charge in [-0.15, -0.1) is 0 Å². The third-order valence-electron chi connectivity index (χ3n) is 3.25. The van der Waals surface area contributed by atoms with E-state index in [2.05, 4.69) is 5.10 Å². The molecule has 0 aliphatic carbocycles. The second-order valence-corrected chi connectivity index (χ2v) is 5.15. The third-order valence-corrected chi connectivity index (χ3v) is 3.25. The minimum absolute atomic E-state index is 0.111. The van der Waals surface area contributed by atoms with Crippen LogP contribution in [0.3, 0.4) is 0 Å². The van der Waals surface area contributed by atoms with Crippen molar-refractivity contribution in [1.29, 1.82) is 0 Å². The first kappa shape index (κ1) is 16.0. The van der Waals surface area contributed by atoms with Gasteiger partial charge in [0.2, 0.25) is 0 Å². The Morgan fingerprint density at radius 1 is 0.917 bits per heavy atom. The quantitative estimate of drug-likeness (QED) is 0.602. The number of hydrogen-bond donors (Lipinski definition) is 0. The first-order valence-electron chi connectivity index (χ1n) is 7.53. The highest BCUT2D eigenvalue weighted by molar-refractivity contribution is 5.35. The zero-order valence-corrected chi connectivity index (χ0v) is 12.9. The predicted octanol–water partition coefficient (Wildman–Crippen LogP) is 4.42. The van der Waals surface area contributed by atoms with E-state index < -0.39 is 11.6 Å². The number of aromatic nitrogens is 2. The summed E-state index contributed by atoms with van der Waals surface area (Å²) in [5, 5.41) is 4.12. The predicted molar refractivity (Wildman–Crippen MR) is 85.2 cm³/mol. The maximum absolute atomic E-state index is 13.1. The molecule has 3 rings (SSSR count). The minimum Gasteiger partial charge on any atom is -0.494 e. The first-order valence-corrected chi connectivity index (χ1v) is 7.53. The average Bonchev–Trinajstić information content (AvgIpc) is 3.05. The van der Waals surface area contributed by atoms with Crippen molar-refractivity contribution < 1.29 is 18.3 Å². The molecule has 1 aromatic heterocycles. The van der Waals surface area contributed by atoms with Crippen molar-refractivity contribution in [3.05, 3.63) is 72.6 Å². The minimum atomic E-state index is -0.679. The van der Waals surface area contributed by atoms with Crippen molar-refractivity contribution >= 4 is 0 Å². The lowest BCUT2D eigenvalue weighted by Gasteiger charge is -2.09. The summed E-state index contributed by atoms with van der Waals surface area (Å²) in [6.07, 6.45) is 4.48. The number of ether oxygens (including phenoxy) is 2. The second kappa shape index (κ2) is 7.59. The Labute approximate surface area is 138 Å². The van der Waals surface area contributed by atoms with Crippen LogP contribution in [0.25, 0.3) is 0 Å². The number of halogens is 2. The Bertz CT molecular complexity index is 754. The van der Waals surface area contributed by atoms with Gasteiger partial charge in [0.15, 0.2) is 0 Å². The molecule has 3 aromatic rings. The molecule has 0 amide bonds. The number of benzene rings is 2. The van der Waals surface area contributed by atoms with Gasteiger partial charge in [0.25, 0.3) is 0 Å². The van der Waals surface area contributed by atoms with Crippen LogP contribution in [0, 0.1) is 11.6 Å². The summed E-state index contributed by atoms with van der Waals surface area (Å²) in [7, 11) is 0. The SMILES string of the molecule is Fc1cc(F)cc(Oc2ccc(OCCCn3cccn3)cc2)c1. The van der Waals surface area contributed by atoms with Crippen LogP contribution in [0.1, 0.15) is 6.42 Å². The highest BCUT2D eigenvalue weighted by Gasteiger charge is 2.03. The van der Waals surface area contributed by atoms with E-state index in [1.54, 1.807) is 30.5 Å². The molecule has 0 aliphatic heterocycles. The molecule has 0 unspecified atom stereocenters. The molecule has 0 N–H and O–H groups in total. The summed E-state index contributed by atoms with van der Waals surface area (Å²) in [6.45, 7) is 1.36. The molecule has 0 radical (unpaired) electrons. The number of hydrogen-bond acceptors (Lipinski definition) is 3. The molecule has 0 bridgehead atoms. The van der Waals surface area contributed by atoms with Gasteiger partial charge in [0.05, 0.1) is 6.61 Å². The Hall–Kier alpha value is -2.89. The van der Waals surface area contributed by atoms with Gasteiger partial charge >= 0.3 is 0 Å². The fourth-order valence-electron chi connectivity index (χ4n) is 2.18. The highest BCUT2D eigenvalue weighted by atomic mass is 19.1. The lowest BCUT2D eigenvalue weighted by molar-refractivity contribution is 0.298. The summed E-state index contributed by atoms with van der Waals surface area (Å²) < 4.78 is 39.1. The average molecular weight is 330 g/mol. The molecule has 124 valence electrons. The van der Waals surface area contributed by atoms with Crippen molar-refractivity contribution in [3.8, 4) is 17.2 Å². The van der Waals surface area contributed by atoms with Gasteiger partial charge in [0, 0.05) is 43.6 Å². The second-order valence-electron chi connectivity index (χ2n) is 5.15. The van der Waals surface area contributed by atoms with E-state index in [-0.39, 0.29) is 5.75 Å². The molecule has 0 atom stereocenters. The van der Waals surface area contributed by atoms with E-state index in [0.717, 1.165) is 31.2 Å². The van der Waals surface area contributed by atoms with Gasteiger partial charge in [-0.2, -0.15) is 5.10 Å². The molecule has 0 saturated heterocycles. The number of rotatable bonds is 7. The third kappa shape index (κ3) is 4.55. The number of nitrogens with zero attached hydrogens (tertiary/aromatic N) is 2. The van der Waals surface area contributed by atoms with Crippen LogP contribution in [0.15, 0.2) is 60.9 Å². The Morgan fingerprint density at radius 2 is 1.62 bits per heavy atom. The molecule has 0 spiro atoms. The monoisotopic (exact) mass is 330 g/mol. The summed E-state index contributed by atoms with van der Waals surface area (Å²) in [6, 6.07) is 11.8. The highest BCUT2D eigenvalue weighted by Crippen LogP contribution is 2.25. The molecule has 1 heterocycles. The molecule has 0 saturated carbocycles. The Kier molecular flexibility index (Phi) is 5.05. The van der Waals surface area contributed by atoms with E-state index in [0.29, 0.717) is 18.1 Å². The van der Waals surface area contributed by atoms with Gasteiger partial charge in [-0.25, -0.2) is 8.78 Å². The summed E-state index contributed by atoms with van der Waals surface area (Å²) in [4.78, 5) is 0. The van der Waals surface area contributed by atoms with Crippen molar-refractivity contribution in [2.75, 3.05) is 6.61 Å². The topological polar surface area (TPSA) is 36.3 Å². The van der Waals surface area contributed by atoms with E-state index in [4.69, 9.17) is 9.47 Å². The molecule has 0 aliphatic rings. The van der Waals surface area contributed by atoms with Gasteiger partial charge < -0.3 is 9.47 Å². The van der Waals surface area contributed by atoms with E-state index in [1.807, 2.05) is 16.9 Å². The van der Waals surface area contributed by atoms with Crippen LogP contribution >= 0.6 is 0 Å². The van der Waals surface area contributed by atoms with Crippen LogP contribution in [0.5, 0.6) is 17.2 Å². The normalized spacial score (nSPS) is 10.6. The Morgan fingerprint density at radius 3 is 2.29 bits per heavy atom. The van der Waals surface area contributed by atoms with Gasteiger partial charge in [-0.1, -0.05) is 0 Å². The van der Waals surface area contributed by atoms with Crippen LogP contribution in [-0.2, 0) is 6.54 Å². The van der Waals surface area contributed by atoms with Crippen molar-refractivity contribution in [3.63, 3.8) is 0 Å². The van der Waals surface area contributed by atoms with E-state index in [1.165, 1.54) is 0 Å². The Balaban J connectivity index is 1.49. The lowest BCUT2D eigenvalue weighted by Crippen LogP contribution is -2.04. The van der Waals surface area contributed by atoms with Crippen molar-refractivity contribution in [2.45, 2.75) is 13.0 Å². The first-order chi connectivity index (χ1) is 11.7. The summed E-state index contributed by atoms with van der Waals surface area (Å²) in [5.74, 6) is -0.0678. The zero-order chi connectivity index (χ0) is 16.8. The summed E-state index contributed by atoms with van der Waals surface area (Å²) in [5.41, 5.74) is 0. The van der Waals surface area contributed by atoms with Crippen LogP contribution in [0.4, 0.5) is 8.78 Å². The molecule has 2 aromatic carbocycles. The standard InChI is InChI=1S/C18H16F2N2O2/c19-14-11-15(20)13-18(12-14)24-17-5-3-16(4-6-17)23-10-2-9-22-8-1-7-21-22/h1,3-8,11-13H,2,9-10H2. The molecule has 4 nitrogen and oxygen atoms in total. The summed E-state index contributed by atoms with van der Waals surface area (Å²) >= 11 is 0.